The maximum atomic E-state index is 5.38. The minimum atomic E-state index is 0.476. The first-order valence-corrected chi connectivity index (χ1v) is 5.19. The Hall–Kier alpha value is -0.760. The fraction of sp³-hybridized carbons (Fsp3) is 0.667. The number of methoxy groups -OCH3 is 2. The summed E-state index contributed by atoms with van der Waals surface area (Å²) in [6.45, 7) is 2.85. The summed E-state index contributed by atoms with van der Waals surface area (Å²) < 4.78 is 10.4. The van der Waals surface area contributed by atoms with Crippen LogP contribution in [0, 0.1) is 5.92 Å². The molecule has 0 fully saturated rings. The highest BCUT2D eigenvalue weighted by molar-refractivity contribution is 5.18. The molecule has 1 unspecified atom stereocenters. The average Bonchev–Trinajstić information content (AvgIpc) is 2.25. The van der Waals surface area contributed by atoms with Crippen LogP contribution in [0.5, 0.6) is 0 Å². The number of hydrogen-bond acceptors (Lipinski definition) is 2. The second-order valence-electron chi connectivity index (χ2n) is 3.70. The van der Waals surface area contributed by atoms with E-state index >= 15 is 0 Å². The minimum Gasteiger partial charge on any atom is -0.501 e. The highest BCUT2D eigenvalue weighted by atomic mass is 16.5. The molecule has 0 amide bonds. The number of ether oxygens (including phenoxy) is 2. The van der Waals surface area contributed by atoms with Gasteiger partial charge in [0, 0.05) is 13.0 Å². The Morgan fingerprint density at radius 3 is 3.00 bits per heavy atom. The van der Waals surface area contributed by atoms with Crippen LogP contribution in [0.15, 0.2) is 23.5 Å². The molecular formula is C12H20O2. The Kier molecular flexibility index (Phi) is 4.74. The van der Waals surface area contributed by atoms with Crippen molar-refractivity contribution in [1.29, 1.82) is 0 Å². The summed E-state index contributed by atoms with van der Waals surface area (Å²) in [5, 5.41) is 0. The van der Waals surface area contributed by atoms with Crippen molar-refractivity contribution in [3.8, 4) is 0 Å². The van der Waals surface area contributed by atoms with Crippen molar-refractivity contribution in [3.05, 3.63) is 23.5 Å². The Bertz CT molecular complexity index is 228. The molecule has 1 atom stereocenters. The van der Waals surface area contributed by atoms with Crippen LogP contribution < -0.4 is 0 Å². The Morgan fingerprint density at radius 2 is 2.36 bits per heavy atom. The van der Waals surface area contributed by atoms with E-state index in [1.807, 2.05) is 0 Å². The van der Waals surface area contributed by atoms with E-state index in [9.17, 15) is 0 Å². The van der Waals surface area contributed by atoms with Crippen molar-refractivity contribution in [2.24, 2.45) is 5.92 Å². The van der Waals surface area contributed by atoms with Gasteiger partial charge in [0.2, 0.25) is 0 Å². The first-order valence-electron chi connectivity index (χ1n) is 5.19. The van der Waals surface area contributed by atoms with Gasteiger partial charge < -0.3 is 9.47 Å². The summed E-state index contributed by atoms with van der Waals surface area (Å²) in [5.74, 6) is 1.60. The molecule has 0 aromatic carbocycles. The molecule has 0 saturated heterocycles. The zero-order chi connectivity index (χ0) is 10.4. The van der Waals surface area contributed by atoms with Crippen molar-refractivity contribution in [2.45, 2.75) is 26.2 Å². The Balaban J connectivity index is 2.65. The predicted octanol–water partition coefficient (Wildman–Crippen LogP) is 2.91. The van der Waals surface area contributed by atoms with Crippen molar-refractivity contribution < 1.29 is 9.47 Å². The summed E-state index contributed by atoms with van der Waals surface area (Å²) in [6, 6.07) is 0. The van der Waals surface area contributed by atoms with Gasteiger partial charge in [-0.25, -0.2) is 0 Å². The lowest BCUT2D eigenvalue weighted by Gasteiger charge is -2.23. The third kappa shape index (κ3) is 2.88. The molecule has 1 aliphatic rings. The maximum absolute atomic E-state index is 5.38. The lowest BCUT2D eigenvalue weighted by atomic mass is 9.88. The van der Waals surface area contributed by atoms with Crippen molar-refractivity contribution in [1.82, 2.24) is 0 Å². The largest absolute Gasteiger partial charge is 0.501 e. The van der Waals surface area contributed by atoms with Gasteiger partial charge in [0.15, 0.2) is 0 Å². The van der Waals surface area contributed by atoms with Gasteiger partial charge in [0.25, 0.3) is 0 Å². The van der Waals surface area contributed by atoms with E-state index in [1.54, 1.807) is 14.2 Å². The SMILES string of the molecule is COC/C=C(\C)C1CCCC=C1OC. The third-order valence-electron chi connectivity index (χ3n) is 2.74. The molecule has 1 rings (SSSR count). The second kappa shape index (κ2) is 5.86. The summed E-state index contributed by atoms with van der Waals surface area (Å²) in [7, 11) is 3.48. The molecule has 0 aliphatic heterocycles. The van der Waals surface area contributed by atoms with Gasteiger partial charge in [-0.2, -0.15) is 0 Å². The molecule has 2 nitrogen and oxygen atoms in total. The average molecular weight is 196 g/mol. The van der Waals surface area contributed by atoms with Crippen LogP contribution >= 0.6 is 0 Å². The van der Waals surface area contributed by atoms with Crippen LogP contribution in [0.2, 0.25) is 0 Å². The van der Waals surface area contributed by atoms with Gasteiger partial charge in [0.05, 0.1) is 19.5 Å². The van der Waals surface area contributed by atoms with Crippen LogP contribution in [0.1, 0.15) is 26.2 Å². The van der Waals surface area contributed by atoms with Gasteiger partial charge in [-0.05, 0) is 32.3 Å². The van der Waals surface area contributed by atoms with Crippen molar-refractivity contribution in [3.63, 3.8) is 0 Å². The summed E-state index contributed by atoms with van der Waals surface area (Å²) in [6.07, 6.45) is 7.96. The highest BCUT2D eigenvalue weighted by Gasteiger charge is 2.19. The molecule has 0 spiro atoms. The second-order valence-corrected chi connectivity index (χ2v) is 3.70. The molecule has 14 heavy (non-hydrogen) atoms. The zero-order valence-corrected chi connectivity index (χ0v) is 9.38. The first kappa shape index (κ1) is 11.3. The minimum absolute atomic E-state index is 0.476. The fourth-order valence-electron chi connectivity index (χ4n) is 1.89. The standard InChI is InChI=1S/C12H20O2/c1-10(8-9-13-2)11-6-4-5-7-12(11)14-3/h7-8,11H,4-6,9H2,1-3H3/b10-8+. The van der Waals surface area contributed by atoms with E-state index in [4.69, 9.17) is 9.47 Å². The third-order valence-corrected chi connectivity index (χ3v) is 2.74. The quantitative estimate of drug-likeness (QED) is 0.644. The van der Waals surface area contributed by atoms with Crippen LogP contribution in [0.3, 0.4) is 0 Å². The predicted molar refractivity (Wildman–Crippen MR) is 58.1 cm³/mol. The molecule has 2 heteroatoms. The van der Waals surface area contributed by atoms with E-state index < -0.39 is 0 Å². The van der Waals surface area contributed by atoms with Gasteiger partial charge in [-0.3, -0.25) is 0 Å². The lowest BCUT2D eigenvalue weighted by Crippen LogP contribution is -2.12. The van der Waals surface area contributed by atoms with Crippen molar-refractivity contribution >= 4 is 0 Å². The van der Waals surface area contributed by atoms with E-state index in [-0.39, 0.29) is 0 Å². The molecule has 0 heterocycles. The van der Waals surface area contributed by atoms with E-state index in [1.165, 1.54) is 18.4 Å². The van der Waals surface area contributed by atoms with Gasteiger partial charge in [-0.15, -0.1) is 0 Å². The molecule has 0 saturated carbocycles. The monoisotopic (exact) mass is 196 g/mol. The summed E-state index contributed by atoms with van der Waals surface area (Å²) >= 11 is 0. The Morgan fingerprint density at radius 1 is 1.57 bits per heavy atom. The molecule has 0 N–H and O–H groups in total. The van der Waals surface area contributed by atoms with E-state index in [0.29, 0.717) is 12.5 Å². The van der Waals surface area contributed by atoms with E-state index in [0.717, 1.165) is 12.2 Å². The number of rotatable bonds is 4. The smallest absolute Gasteiger partial charge is 0.0986 e. The van der Waals surface area contributed by atoms with E-state index in [2.05, 4.69) is 19.1 Å². The molecule has 0 aromatic heterocycles. The molecule has 1 aliphatic carbocycles. The zero-order valence-electron chi connectivity index (χ0n) is 9.38. The maximum Gasteiger partial charge on any atom is 0.0986 e. The molecular weight excluding hydrogens is 176 g/mol. The number of allylic oxidation sites excluding steroid dienone is 2. The fourth-order valence-corrected chi connectivity index (χ4v) is 1.89. The Labute approximate surface area is 86.6 Å². The normalized spacial score (nSPS) is 23.2. The lowest BCUT2D eigenvalue weighted by molar-refractivity contribution is 0.226. The van der Waals surface area contributed by atoms with Crippen LogP contribution in [0.4, 0.5) is 0 Å². The molecule has 0 bridgehead atoms. The summed E-state index contributed by atoms with van der Waals surface area (Å²) in [5.41, 5.74) is 1.36. The van der Waals surface area contributed by atoms with Crippen LogP contribution in [-0.4, -0.2) is 20.8 Å². The summed E-state index contributed by atoms with van der Waals surface area (Å²) in [4.78, 5) is 0. The van der Waals surface area contributed by atoms with Gasteiger partial charge >= 0.3 is 0 Å². The van der Waals surface area contributed by atoms with Crippen LogP contribution in [0.25, 0.3) is 0 Å². The number of hydrogen-bond donors (Lipinski definition) is 0. The molecule has 0 radical (unpaired) electrons. The van der Waals surface area contributed by atoms with Gasteiger partial charge in [0.1, 0.15) is 0 Å². The first-order chi connectivity index (χ1) is 6.79. The van der Waals surface area contributed by atoms with Crippen molar-refractivity contribution in [2.75, 3.05) is 20.8 Å². The highest BCUT2D eigenvalue weighted by Crippen LogP contribution is 2.30. The molecule has 0 aromatic rings. The van der Waals surface area contributed by atoms with Crippen LogP contribution in [-0.2, 0) is 9.47 Å². The topological polar surface area (TPSA) is 18.5 Å². The van der Waals surface area contributed by atoms with Gasteiger partial charge in [-0.1, -0.05) is 11.6 Å². The molecule has 80 valence electrons.